The number of aliphatic hydroxyl groups excluding tert-OH is 1. The molecule has 1 heterocycles. The maximum atomic E-state index is 10.2. The monoisotopic (exact) mass is 243 g/mol. The topological polar surface area (TPSA) is 32.3 Å². The number of fused-ring (bicyclic) bond motifs is 1. The van der Waals surface area contributed by atoms with Crippen molar-refractivity contribution in [1.29, 1.82) is 0 Å². The zero-order chi connectivity index (χ0) is 12.2. The van der Waals surface area contributed by atoms with E-state index in [1.54, 1.807) is 5.56 Å². The fourth-order valence-electron chi connectivity index (χ4n) is 4.90. The highest BCUT2D eigenvalue weighted by Crippen LogP contribution is 2.53. The molecule has 96 valence electrons. The van der Waals surface area contributed by atoms with Crippen LogP contribution >= 0.6 is 0 Å². The van der Waals surface area contributed by atoms with Gasteiger partial charge in [-0.2, -0.15) is 0 Å². The van der Waals surface area contributed by atoms with Gasteiger partial charge < -0.3 is 10.4 Å². The van der Waals surface area contributed by atoms with Crippen LogP contribution < -0.4 is 5.32 Å². The van der Waals surface area contributed by atoms with Gasteiger partial charge in [-0.05, 0) is 55.7 Å². The van der Waals surface area contributed by atoms with Gasteiger partial charge >= 0.3 is 0 Å². The first-order valence-corrected chi connectivity index (χ1v) is 7.29. The van der Waals surface area contributed by atoms with E-state index in [9.17, 15) is 5.11 Å². The van der Waals surface area contributed by atoms with Crippen LogP contribution in [-0.4, -0.2) is 23.8 Å². The summed E-state index contributed by atoms with van der Waals surface area (Å²) in [4.78, 5) is 0. The lowest BCUT2D eigenvalue weighted by Gasteiger charge is -2.56. The average Bonchev–Trinajstić information content (AvgIpc) is 2.38. The summed E-state index contributed by atoms with van der Waals surface area (Å²) in [7, 11) is 0. The first kappa shape index (κ1) is 11.0. The molecule has 1 saturated heterocycles. The standard InChI is InChI=1S/C16H21NO/c18-12-5-6-14-15-9-11-3-1-2-4-13(11)16(14,10-12)7-8-17-15/h1-4,12,14-15,17-18H,5-10H2/t12?,14-,15+,16+/m0/s1. The summed E-state index contributed by atoms with van der Waals surface area (Å²) in [6.07, 6.45) is 5.44. The average molecular weight is 243 g/mol. The fraction of sp³-hybridized carbons (Fsp3) is 0.625. The number of aliphatic hydroxyl groups is 1. The zero-order valence-electron chi connectivity index (χ0n) is 10.7. The SMILES string of the molecule is OC1CC[C@H]2[C@H]3Cc4ccccc4[C@@]2(CCN3)C1. The Balaban J connectivity index is 1.89. The van der Waals surface area contributed by atoms with Crippen LogP contribution in [0.4, 0.5) is 0 Å². The van der Waals surface area contributed by atoms with Crippen molar-refractivity contribution in [3.8, 4) is 0 Å². The van der Waals surface area contributed by atoms with Crippen LogP contribution in [0.5, 0.6) is 0 Å². The molecule has 0 aromatic heterocycles. The largest absolute Gasteiger partial charge is 0.393 e. The van der Waals surface area contributed by atoms with E-state index in [1.165, 1.54) is 24.8 Å². The molecule has 0 radical (unpaired) electrons. The van der Waals surface area contributed by atoms with Crippen LogP contribution in [0.2, 0.25) is 0 Å². The second-order valence-corrected chi connectivity index (χ2v) is 6.37. The quantitative estimate of drug-likeness (QED) is 0.730. The summed E-state index contributed by atoms with van der Waals surface area (Å²) >= 11 is 0. The summed E-state index contributed by atoms with van der Waals surface area (Å²) < 4.78 is 0. The summed E-state index contributed by atoms with van der Waals surface area (Å²) in [5.41, 5.74) is 3.33. The molecule has 0 spiro atoms. The molecule has 18 heavy (non-hydrogen) atoms. The van der Waals surface area contributed by atoms with Crippen molar-refractivity contribution in [2.75, 3.05) is 6.54 Å². The molecule has 2 N–H and O–H groups in total. The lowest BCUT2D eigenvalue weighted by molar-refractivity contribution is 0.00381. The number of hydrogen-bond donors (Lipinski definition) is 2. The molecule has 2 bridgehead atoms. The molecule has 1 aliphatic heterocycles. The molecule has 1 aromatic carbocycles. The first-order valence-electron chi connectivity index (χ1n) is 7.29. The minimum Gasteiger partial charge on any atom is -0.393 e. The smallest absolute Gasteiger partial charge is 0.0549 e. The minimum absolute atomic E-state index is 0.0915. The van der Waals surface area contributed by atoms with Crippen LogP contribution in [0.25, 0.3) is 0 Å². The highest BCUT2D eigenvalue weighted by Gasteiger charge is 2.52. The second-order valence-electron chi connectivity index (χ2n) is 6.37. The van der Waals surface area contributed by atoms with E-state index in [0.29, 0.717) is 6.04 Å². The van der Waals surface area contributed by atoms with E-state index >= 15 is 0 Å². The zero-order valence-corrected chi connectivity index (χ0v) is 10.7. The Bertz CT molecular complexity index is 472. The van der Waals surface area contributed by atoms with Gasteiger partial charge in [0, 0.05) is 11.5 Å². The van der Waals surface area contributed by atoms with Crippen molar-refractivity contribution >= 4 is 0 Å². The summed E-state index contributed by atoms with van der Waals surface area (Å²) in [5, 5.41) is 13.9. The van der Waals surface area contributed by atoms with E-state index in [2.05, 4.69) is 29.6 Å². The highest BCUT2D eigenvalue weighted by molar-refractivity contribution is 5.41. The van der Waals surface area contributed by atoms with E-state index < -0.39 is 0 Å². The highest BCUT2D eigenvalue weighted by atomic mass is 16.3. The van der Waals surface area contributed by atoms with Crippen molar-refractivity contribution in [1.82, 2.24) is 5.32 Å². The maximum absolute atomic E-state index is 10.2. The van der Waals surface area contributed by atoms with E-state index in [4.69, 9.17) is 0 Å². The summed E-state index contributed by atoms with van der Waals surface area (Å²) in [5.74, 6) is 0.740. The molecule has 2 nitrogen and oxygen atoms in total. The van der Waals surface area contributed by atoms with Crippen LogP contribution in [-0.2, 0) is 11.8 Å². The number of nitrogens with one attached hydrogen (secondary N) is 1. The van der Waals surface area contributed by atoms with E-state index in [-0.39, 0.29) is 11.5 Å². The Labute approximate surface area is 108 Å². The van der Waals surface area contributed by atoms with Gasteiger partial charge in [0.1, 0.15) is 0 Å². The molecular weight excluding hydrogens is 222 g/mol. The first-order chi connectivity index (χ1) is 8.79. The Hall–Kier alpha value is -0.860. The van der Waals surface area contributed by atoms with Gasteiger partial charge in [0.05, 0.1) is 6.10 Å². The maximum Gasteiger partial charge on any atom is 0.0549 e. The fourth-order valence-corrected chi connectivity index (χ4v) is 4.90. The summed E-state index contributed by atoms with van der Waals surface area (Å²) in [6, 6.07) is 9.58. The molecule has 4 rings (SSSR count). The van der Waals surface area contributed by atoms with Crippen LogP contribution in [0, 0.1) is 5.92 Å². The second kappa shape index (κ2) is 3.82. The van der Waals surface area contributed by atoms with Crippen molar-refractivity contribution in [3.05, 3.63) is 35.4 Å². The molecule has 0 amide bonds. The normalized spacial score (nSPS) is 41.9. The van der Waals surface area contributed by atoms with E-state index in [1.807, 2.05) is 0 Å². The number of benzene rings is 1. The third kappa shape index (κ3) is 1.36. The Morgan fingerprint density at radius 3 is 3.06 bits per heavy atom. The molecule has 2 heteroatoms. The van der Waals surface area contributed by atoms with Crippen LogP contribution in [0.15, 0.2) is 24.3 Å². The van der Waals surface area contributed by atoms with Crippen LogP contribution in [0.3, 0.4) is 0 Å². The predicted octanol–water partition coefficient (Wildman–Crippen LogP) is 2.00. The van der Waals surface area contributed by atoms with Crippen molar-refractivity contribution in [2.24, 2.45) is 5.92 Å². The molecule has 2 aliphatic carbocycles. The van der Waals surface area contributed by atoms with Crippen molar-refractivity contribution < 1.29 is 5.11 Å². The predicted molar refractivity (Wildman–Crippen MR) is 71.6 cm³/mol. The summed E-state index contributed by atoms with van der Waals surface area (Å²) in [6.45, 7) is 1.11. The number of rotatable bonds is 0. The van der Waals surface area contributed by atoms with Gasteiger partial charge in [0.2, 0.25) is 0 Å². The van der Waals surface area contributed by atoms with Gasteiger partial charge in [0.15, 0.2) is 0 Å². The molecule has 2 fully saturated rings. The Kier molecular flexibility index (Phi) is 2.33. The Morgan fingerprint density at radius 2 is 2.11 bits per heavy atom. The third-order valence-electron chi connectivity index (χ3n) is 5.58. The van der Waals surface area contributed by atoms with Gasteiger partial charge in [-0.25, -0.2) is 0 Å². The van der Waals surface area contributed by atoms with Gasteiger partial charge in [-0.3, -0.25) is 0 Å². The van der Waals surface area contributed by atoms with E-state index in [0.717, 1.165) is 25.3 Å². The molecule has 1 aromatic rings. The third-order valence-corrected chi connectivity index (χ3v) is 5.58. The van der Waals surface area contributed by atoms with Gasteiger partial charge in [0.25, 0.3) is 0 Å². The van der Waals surface area contributed by atoms with Crippen LogP contribution in [0.1, 0.15) is 36.8 Å². The molecule has 1 saturated carbocycles. The van der Waals surface area contributed by atoms with Gasteiger partial charge in [-0.1, -0.05) is 24.3 Å². The molecule has 4 atom stereocenters. The number of hydrogen-bond acceptors (Lipinski definition) is 2. The molecule has 1 unspecified atom stereocenters. The molecule has 3 aliphatic rings. The van der Waals surface area contributed by atoms with Crippen molar-refractivity contribution in [2.45, 2.75) is 49.7 Å². The lowest BCUT2D eigenvalue weighted by Crippen LogP contribution is -2.61. The molecular formula is C16H21NO. The van der Waals surface area contributed by atoms with Crippen molar-refractivity contribution in [3.63, 3.8) is 0 Å². The Morgan fingerprint density at radius 1 is 1.22 bits per heavy atom. The minimum atomic E-state index is -0.0915. The lowest BCUT2D eigenvalue weighted by atomic mass is 9.52. The van der Waals surface area contributed by atoms with Gasteiger partial charge in [-0.15, -0.1) is 0 Å². The number of piperidine rings is 1.